The average Bonchev–Trinajstić information content (AvgIpc) is 3.29. The van der Waals surface area contributed by atoms with E-state index in [4.69, 9.17) is 17.3 Å². The number of nitrogen functional groups attached to an aromatic ring is 1. The van der Waals surface area contributed by atoms with Gasteiger partial charge in [0.25, 0.3) is 5.91 Å². The smallest absolute Gasteiger partial charge is 0.282 e. The monoisotopic (exact) mass is 445 g/mol. The molecule has 4 rings (SSSR count). The second-order valence-corrected chi connectivity index (χ2v) is 8.01. The summed E-state index contributed by atoms with van der Waals surface area (Å²) in [7, 11) is 0. The van der Waals surface area contributed by atoms with Crippen LogP contribution in [-0.4, -0.2) is 20.7 Å². The first kappa shape index (κ1) is 20.0. The van der Waals surface area contributed by atoms with Gasteiger partial charge in [-0.05, 0) is 36.4 Å². The van der Waals surface area contributed by atoms with Crippen LogP contribution in [0.3, 0.4) is 0 Å². The van der Waals surface area contributed by atoms with Crippen molar-refractivity contribution in [2.45, 2.75) is 6.54 Å². The average molecular weight is 446 g/mol. The van der Waals surface area contributed by atoms with Crippen LogP contribution in [-0.2, 0) is 6.54 Å². The number of benzene rings is 1. The summed E-state index contributed by atoms with van der Waals surface area (Å²) in [5, 5.41) is 6.88. The van der Waals surface area contributed by atoms with Gasteiger partial charge >= 0.3 is 0 Å². The van der Waals surface area contributed by atoms with Gasteiger partial charge < -0.3 is 11.1 Å². The highest BCUT2D eigenvalue weighted by atomic mass is 35.5. The Balaban J connectivity index is 1.80. The molecule has 0 saturated heterocycles. The molecule has 0 bridgehead atoms. The van der Waals surface area contributed by atoms with Crippen LogP contribution >= 0.6 is 22.9 Å². The van der Waals surface area contributed by atoms with Crippen LogP contribution < -0.4 is 11.1 Å². The molecule has 0 unspecified atom stereocenters. The Kier molecular flexibility index (Phi) is 5.47. The van der Waals surface area contributed by atoms with E-state index in [2.05, 4.69) is 15.4 Å². The summed E-state index contributed by atoms with van der Waals surface area (Å²) in [5.41, 5.74) is 5.55. The number of hydrogen-bond acceptors (Lipinski definition) is 6. The SMILES string of the molecule is Nc1ccccc1C(=O)n1nc(-c2ncccc2F)c(F)c1NCc1ccc(Cl)s1. The van der Waals surface area contributed by atoms with Gasteiger partial charge in [0.05, 0.1) is 16.4 Å². The van der Waals surface area contributed by atoms with E-state index in [-0.39, 0.29) is 35.0 Å². The molecule has 152 valence electrons. The third kappa shape index (κ3) is 3.77. The summed E-state index contributed by atoms with van der Waals surface area (Å²) in [6.07, 6.45) is 1.31. The molecule has 0 radical (unpaired) electrons. The molecule has 6 nitrogen and oxygen atoms in total. The summed E-state index contributed by atoms with van der Waals surface area (Å²) >= 11 is 7.24. The summed E-state index contributed by atoms with van der Waals surface area (Å²) in [4.78, 5) is 17.7. The molecule has 0 aliphatic carbocycles. The fourth-order valence-electron chi connectivity index (χ4n) is 2.83. The van der Waals surface area contributed by atoms with E-state index in [9.17, 15) is 9.18 Å². The first-order valence-corrected chi connectivity index (χ1v) is 9.92. The van der Waals surface area contributed by atoms with Gasteiger partial charge in [-0.25, -0.2) is 8.78 Å². The van der Waals surface area contributed by atoms with E-state index < -0.39 is 17.5 Å². The number of nitrogens with two attached hydrogens (primary N) is 1. The summed E-state index contributed by atoms with van der Waals surface area (Å²) in [5.74, 6) is -2.56. The van der Waals surface area contributed by atoms with Gasteiger partial charge in [0.15, 0.2) is 23.1 Å². The highest BCUT2D eigenvalue weighted by Gasteiger charge is 2.27. The standard InChI is InChI=1S/C20H14ClF2N5OS/c21-15-8-7-11(30-15)10-26-19-16(23)18(17-13(22)5-3-9-25-17)27-28(19)20(29)12-4-1-2-6-14(12)24/h1-9,26H,10,24H2. The highest BCUT2D eigenvalue weighted by molar-refractivity contribution is 7.16. The number of hydrogen-bond donors (Lipinski definition) is 2. The van der Waals surface area contributed by atoms with E-state index in [1.54, 1.807) is 30.3 Å². The van der Waals surface area contributed by atoms with Crippen molar-refractivity contribution < 1.29 is 13.6 Å². The Hall–Kier alpha value is -3.30. The molecule has 30 heavy (non-hydrogen) atoms. The maximum Gasteiger partial charge on any atom is 0.282 e. The molecule has 10 heteroatoms. The molecular weight excluding hydrogens is 432 g/mol. The van der Waals surface area contributed by atoms with Crippen molar-refractivity contribution in [1.29, 1.82) is 0 Å². The molecule has 0 amide bonds. The van der Waals surface area contributed by atoms with Crippen LogP contribution in [0.2, 0.25) is 4.34 Å². The number of nitrogens with zero attached hydrogens (tertiary/aromatic N) is 3. The van der Waals surface area contributed by atoms with Crippen molar-refractivity contribution in [1.82, 2.24) is 14.8 Å². The summed E-state index contributed by atoms with van der Waals surface area (Å²) < 4.78 is 30.9. The molecule has 4 aromatic rings. The van der Waals surface area contributed by atoms with Gasteiger partial charge in [0, 0.05) is 16.8 Å². The molecule has 3 heterocycles. The molecule has 0 aliphatic heterocycles. The van der Waals surface area contributed by atoms with E-state index in [0.717, 1.165) is 15.6 Å². The second kappa shape index (κ2) is 8.21. The predicted octanol–water partition coefficient (Wildman–Crippen LogP) is 4.82. The van der Waals surface area contributed by atoms with Crippen LogP contribution in [0.15, 0.2) is 54.7 Å². The molecule has 0 aliphatic rings. The number of para-hydroxylation sites is 1. The normalized spacial score (nSPS) is 10.9. The third-order valence-corrected chi connectivity index (χ3v) is 5.48. The maximum absolute atomic E-state index is 15.3. The Morgan fingerprint density at radius 3 is 2.63 bits per heavy atom. The lowest BCUT2D eigenvalue weighted by Gasteiger charge is -2.09. The molecule has 0 spiro atoms. The zero-order chi connectivity index (χ0) is 21.3. The second-order valence-electron chi connectivity index (χ2n) is 6.21. The number of pyridine rings is 1. The number of aromatic nitrogens is 3. The van der Waals surface area contributed by atoms with Crippen molar-refractivity contribution >= 4 is 40.4 Å². The number of anilines is 2. The quantitative estimate of drug-likeness (QED) is 0.430. The fourth-order valence-corrected chi connectivity index (χ4v) is 3.86. The molecule has 0 saturated carbocycles. The van der Waals surface area contributed by atoms with Crippen LogP contribution in [0.5, 0.6) is 0 Å². The fraction of sp³-hybridized carbons (Fsp3) is 0.0500. The van der Waals surface area contributed by atoms with Gasteiger partial charge in [-0.3, -0.25) is 9.78 Å². The van der Waals surface area contributed by atoms with Crippen LogP contribution in [0.25, 0.3) is 11.4 Å². The minimum atomic E-state index is -0.905. The van der Waals surface area contributed by atoms with Crippen molar-refractivity contribution in [3.05, 3.63) is 81.1 Å². The first-order valence-electron chi connectivity index (χ1n) is 8.72. The summed E-state index contributed by atoms with van der Waals surface area (Å²) in [6.45, 7) is 0.182. The molecule has 3 N–H and O–H groups in total. The Bertz CT molecular complexity index is 1240. The lowest BCUT2D eigenvalue weighted by atomic mass is 10.2. The summed E-state index contributed by atoms with van der Waals surface area (Å²) in [6, 6.07) is 12.3. The largest absolute Gasteiger partial charge is 0.398 e. The minimum absolute atomic E-state index is 0.135. The highest BCUT2D eigenvalue weighted by Crippen LogP contribution is 2.30. The predicted molar refractivity (Wildman–Crippen MR) is 113 cm³/mol. The van der Waals surface area contributed by atoms with E-state index >= 15 is 4.39 Å². The van der Waals surface area contributed by atoms with Crippen molar-refractivity contribution in [3.63, 3.8) is 0 Å². The molecule has 0 atom stereocenters. The molecular formula is C20H14ClF2N5OS. The van der Waals surface area contributed by atoms with E-state index in [0.29, 0.717) is 4.34 Å². The topological polar surface area (TPSA) is 85.8 Å². The zero-order valence-corrected chi connectivity index (χ0v) is 16.8. The Labute approximate surface area is 178 Å². The van der Waals surface area contributed by atoms with Gasteiger partial charge in [0.2, 0.25) is 0 Å². The molecule has 1 aromatic carbocycles. The van der Waals surface area contributed by atoms with Crippen LogP contribution in [0.1, 0.15) is 15.2 Å². The van der Waals surface area contributed by atoms with Crippen molar-refractivity contribution in [2.24, 2.45) is 0 Å². The van der Waals surface area contributed by atoms with E-state index in [1.165, 1.54) is 29.7 Å². The number of nitrogens with one attached hydrogen (secondary N) is 1. The Morgan fingerprint density at radius 1 is 1.13 bits per heavy atom. The molecule has 0 fully saturated rings. The first-order chi connectivity index (χ1) is 14.5. The number of carbonyl (C=O) groups excluding carboxylic acids is 1. The van der Waals surface area contributed by atoms with Gasteiger partial charge in [-0.2, -0.15) is 9.78 Å². The molecule has 3 aromatic heterocycles. The number of thiophene rings is 1. The minimum Gasteiger partial charge on any atom is -0.398 e. The number of carbonyl (C=O) groups is 1. The van der Waals surface area contributed by atoms with Crippen LogP contribution in [0, 0.1) is 11.6 Å². The van der Waals surface area contributed by atoms with Gasteiger partial charge in [0.1, 0.15) is 5.69 Å². The van der Waals surface area contributed by atoms with Crippen LogP contribution in [0.4, 0.5) is 20.3 Å². The lowest BCUT2D eigenvalue weighted by Crippen LogP contribution is -2.18. The zero-order valence-electron chi connectivity index (χ0n) is 15.3. The van der Waals surface area contributed by atoms with Gasteiger partial charge in [-0.1, -0.05) is 23.7 Å². The number of halogens is 3. The van der Waals surface area contributed by atoms with E-state index in [1.807, 2.05) is 0 Å². The van der Waals surface area contributed by atoms with Crippen molar-refractivity contribution in [2.75, 3.05) is 11.1 Å². The maximum atomic E-state index is 15.3. The van der Waals surface area contributed by atoms with Gasteiger partial charge in [-0.15, -0.1) is 11.3 Å². The van der Waals surface area contributed by atoms with Crippen molar-refractivity contribution in [3.8, 4) is 11.4 Å². The third-order valence-electron chi connectivity index (χ3n) is 4.25. The Morgan fingerprint density at radius 2 is 1.93 bits per heavy atom. The lowest BCUT2D eigenvalue weighted by molar-refractivity contribution is 0.0948. The number of rotatable bonds is 5.